The summed E-state index contributed by atoms with van der Waals surface area (Å²) in [5.74, 6) is 1.08. The van der Waals surface area contributed by atoms with E-state index in [2.05, 4.69) is 10.3 Å². The van der Waals surface area contributed by atoms with Crippen LogP contribution < -0.4 is 11.1 Å². The third-order valence-electron chi connectivity index (χ3n) is 3.46. The number of rotatable bonds is 5. The molecule has 1 aromatic carbocycles. The Labute approximate surface area is 145 Å². The van der Waals surface area contributed by atoms with E-state index in [9.17, 15) is 10.1 Å². The number of hydrogen-bond donors (Lipinski definition) is 2. The van der Waals surface area contributed by atoms with Crippen LogP contribution in [0.1, 0.15) is 24.8 Å². The van der Waals surface area contributed by atoms with Crippen LogP contribution in [0.5, 0.6) is 0 Å². The monoisotopic (exact) mass is 424 g/mol. The van der Waals surface area contributed by atoms with Gasteiger partial charge in [-0.25, -0.2) is 4.99 Å². The fraction of sp³-hybridized carbons (Fsp3) is 0.462. The van der Waals surface area contributed by atoms with Gasteiger partial charge in [0, 0.05) is 18.7 Å². The molecular weight excluding hydrogens is 407 g/mol. The average molecular weight is 425 g/mol. The molecule has 0 unspecified atom stereocenters. The predicted octanol–water partition coefficient (Wildman–Crippen LogP) is 3.07. The molecule has 0 aromatic heterocycles. The fourth-order valence-electron chi connectivity index (χ4n) is 1.95. The van der Waals surface area contributed by atoms with Gasteiger partial charge in [0.2, 0.25) is 0 Å². The fourth-order valence-corrected chi connectivity index (χ4v) is 2.18. The molecule has 0 saturated heterocycles. The van der Waals surface area contributed by atoms with E-state index >= 15 is 0 Å². The third-order valence-corrected chi connectivity index (χ3v) is 3.82. The molecule has 0 radical (unpaired) electrons. The van der Waals surface area contributed by atoms with Gasteiger partial charge in [-0.05, 0) is 30.4 Å². The summed E-state index contributed by atoms with van der Waals surface area (Å²) in [6.45, 7) is 1.16. The Morgan fingerprint density at radius 2 is 2.24 bits per heavy atom. The summed E-state index contributed by atoms with van der Waals surface area (Å²) in [5, 5.41) is 14.0. The number of guanidine groups is 1. The quantitative estimate of drug-likeness (QED) is 0.250. The van der Waals surface area contributed by atoms with Crippen molar-refractivity contribution in [3.8, 4) is 0 Å². The zero-order valence-electron chi connectivity index (χ0n) is 11.4. The van der Waals surface area contributed by atoms with Gasteiger partial charge in [0.05, 0.1) is 16.5 Å². The Morgan fingerprint density at radius 1 is 1.52 bits per heavy atom. The first-order valence-electron chi connectivity index (χ1n) is 6.53. The van der Waals surface area contributed by atoms with Crippen LogP contribution in [0.3, 0.4) is 0 Å². The van der Waals surface area contributed by atoms with Gasteiger partial charge in [0.25, 0.3) is 5.69 Å². The van der Waals surface area contributed by atoms with E-state index in [0.717, 1.165) is 6.54 Å². The van der Waals surface area contributed by atoms with E-state index in [-0.39, 0.29) is 29.7 Å². The zero-order chi connectivity index (χ0) is 14.5. The second-order valence-electron chi connectivity index (χ2n) is 4.91. The van der Waals surface area contributed by atoms with Gasteiger partial charge in [-0.15, -0.1) is 24.0 Å². The van der Waals surface area contributed by atoms with Crippen molar-refractivity contribution in [1.82, 2.24) is 5.32 Å². The standard InChI is InChI=1S/C13H17ClN4O2.HI/c14-12-6-11(18(19)20)5-4-10(12)8-17-13(15)16-7-9-2-1-3-9;/h4-6,9H,1-3,7-8H2,(H3,15,16,17);1H. The van der Waals surface area contributed by atoms with Crippen LogP contribution in [0.4, 0.5) is 5.69 Å². The SMILES string of the molecule is I.NC(=NCc1ccc([N+](=O)[O-])cc1Cl)NCC1CCC1. The summed E-state index contributed by atoms with van der Waals surface area (Å²) in [4.78, 5) is 14.3. The van der Waals surface area contributed by atoms with Crippen molar-refractivity contribution in [2.75, 3.05) is 6.54 Å². The maximum atomic E-state index is 10.6. The highest BCUT2D eigenvalue weighted by molar-refractivity contribution is 14.0. The number of nitrogens with zero attached hydrogens (tertiary/aromatic N) is 2. The summed E-state index contributed by atoms with van der Waals surface area (Å²) in [7, 11) is 0. The number of non-ortho nitro benzene ring substituents is 1. The van der Waals surface area contributed by atoms with Gasteiger partial charge < -0.3 is 11.1 Å². The summed E-state index contributed by atoms with van der Waals surface area (Å²) in [6.07, 6.45) is 3.78. The molecule has 1 fully saturated rings. The number of aliphatic imine (C=N–C) groups is 1. The van der Waals surface area contributed by atoms with Crippen molar-refractivity contribution >= 4 is 47.2 Å². The number of nitrogens with two attached hydrogens (primary N) is 1. The molecule has 1 aromatic rings. The van der Waals surface area contributed by atoms with Gasteiger partial charge in [0.1, 0.15) is 0 Å². The number of halogens is 2. The first kappa shape index (κ1) is 18.0. The highest BCUT2D eigenvalue weighted by atomic mass is 127. The Morgan fingerprint density at radius 3 is 2.76 bits per heavy atom. The maximum Gasteiger partial charge on any atom is 0.270 e. The van der Waals surface area contributed by atoms with Gasteiger partial charge in [-0.1, -0.05) is 18.0 Å². The van der Waals surface area contributed by atoms with Crippen LogP contribution >= 0.6 is 35.6 Å². The number of nitro groups is 1. The zero-order valence-corrected chi connectivity index (χ0v) is 14.5. The lowest BCUT2D eigenvalue weighted by atomic mass is 9.85. The van der Waals surface area contributed by atoms with Gasteiger partial charge in [0.15, 0.2) is 5.96 Å². The smallest absolute Gasteiger partial charge is 0.270 e. The minimum atomic E-state index is -0.479. The molecule has 1 aliphatic carbocycles. The van der Waals surface area contributed by atoms with Crippen molar-refractivity contribution in [3.63, 3.8) is 0 Å². The summed E-state index contributed by atoms with van der Waals surface area (Å²) in [5.41, 5.74) is 6.45. The molecule has 2 rings (SSSR count). The highest BCUT2D eigenvalue weighted by Crippen LogP contribution is 2.25. The minimum Gasteiger partial charge on any atom is -0.370 e. The number of benzene rings is 1. The Kier molecular flexibility index (Phi) is 7.16. The highest BCUT2D eigenvalue weighted by Gasteiger charge is 2.16. The van der Waals surface area contributed by atoms with Crippen LogP contribution in [0.25, 0.3) is 0 Å². The molecule has 8 heteroatoms. The molecule has 0 atom stereocenters. The molecule has 0 amide bonds. The van der Waals surface area contributed by atoms with Crippen molar-refractivity contribution in [2.24, 2.45) is 16.6 Å². The summed E-state index contributed by atoms with van der Waals surface area (Å²) in [6, 6.07) is 4.34. The molecule has 0 bridgehead atoms. The number of nitrogens with one attached hydrogen (secondary N) is 1. The van der Waals surface area contributed by atoms with Crippen LogP contribution in [0.15, 0.2) is 23.2 Å². The van der Waals surface area contributed by atoms with E-state index in [1.165, 1.54) is 31.4 Å². The first-order chi connectivity index (χ1) is 9.56. The molecule has 1 saturated carbocycles. The topological polar surface area (TPSA) is 93.5 Å². The first-order valence-corrected chi connectivity index (χ1v) is 6.90. The molecule has 6 nitrogen and oxygen atoms in total. The third kappa shape index (κ3) is 5.31. The van der Waals surface area contributed by atoms with E-state index in [4.69, 9.17) is 17.3 Å². The van der Waals surface area contributed by atoms with Gasteiger partial charge in [-0.3, -0.25) is 10.1 Å². The molecule has 0 aliphatic heterocycles. The second-order valence-corrected chi connectivity index (χ2v) is 5.32. The molecular formula is C13H18ClIN4O2. The van der Waals surface area contributed by atoms with E-state index in [1.807, 2.05) is 0 Å². The van der Waals surface area contributed by atoms with E-state index in [1.54, 1.807) is 6.07 Å². The molecule has 1 aliphatic rings. The Hall–Kier alpha value is -1.09. The maximum absolute atomic E-state index is 10.6. The molecule has 0 spiro atoms. The van der Waals surface area contributed by atoms with Crippen molar-refractivity contribution in [2.45, 2.75) is 25.8 Å². The molecule has 3 N–H and O–H groups in total. The molecule has 116 valence electrons. The largest absolute Gasteiger partial charge is 0.370 e. The van der Waals surface area contributed by atoms with E-state index in [0.29, 0.717) is 29.0 Å². The lowest BCUT2D eigenvalue weighted by Gasteiger charge is -2.25. The molecule has 0 heterocycles. The van der Waals surface area contributed by atoms with Crippen molar-refractivity contribution in [1.29, 1.82) is 0 Å². The van der Waals surface area contributed by atoms with Crippen LogP contribution in [0, 0.1) is 16.0 Å². The van der Waals surface area contributed by atoms with E-state index < -0.39 is 4.92 Å². The number of hydrogen-bond acceptors (Lipinski definition) is 3. The van der Waals surface area contributed by atoms with Crippen molar-refractivity contribution < 1.29 is 4.92 Å². The predicted molar refractivity (Wildman–Crippen MR) is 94.2 cm³/mol. The second kappa shape index (κ2) is 8.38. The lowest BCUT2D eigenvalue weighted by Crippen LogP contribution is -2.37. The number of nitro benzene ring substituents is 1. The Balaban J connectivity index is 0.00000220. The van der Waals surface area contributed by atoms with Gasteiger partial charge in [-0.2, -0.15) is 0 Å². The summed E-state index contributed by atoms with van der Waals surface area (Å²) < 4.78 is 0. The summed E-state index contributed by atoms with van der Waals surface area (Å²) >= 11 is 5.98. The Bertz CT molecular complexity index is 535. The normalized spacial score (nSPS) is 15.0. The van der Waals surface area contributed by atoms with Crippen LogP contribution in [-0.4, -0.2) is 17.4 Å². The average Bonchev–Trinajstić information content (AvgIpc) is 2.35. The van der Waals surface area contributed by atoms with Crippen molar-refractivity contribution in [3.05, 3.63) is 38.9 Å². The minimum absolute atomic E-state index is 0. The van der Waals surface area contributed by atoms with Crippen LogP contribution in [-0.2, 0) is 6.54 Å². The molecule has 21 heavy (non-hydrogen) atoms. The lowest BCUT2D eigenvalue weighted by molar-refractivity contribution is -0.384. The van der Waals surface area contributed by atoms with Gasteiger partial charge >= 0.3 is 0 Å². The van der Waals surface area contributed by atoms with Crippen LogP contribution in [0.2, 0.25) is 5.02 Å².